The molecule has 1 atom stereocenters. The molecule has 0 amide bonds. The molecule has 3 rings (SSSR count). The minimum Gasteiger partial charge on any atom is -0.391 e. The molecule has 0 spiro atoms. The molecule has 0 bridgehead atoms. The summed E-state index contributed by atoms with van der Waals surface area (Å²) in [6.45, 7) is 1.45. The van der Waals surface area contributed by atoms with E-state index in [1.54, 1.807) is 12.4 Å². The molecule has 0 aliphatic carbocycles. The van der Waals surface area contributed by atoms with Gasteiger partial charge < -0.3 is 15.3 Å². The van der Waals surface area contributed by atoms with Crippen molar-refractivity contribution in [2.75, 3.05) is 23.3 Å². The number of aromatic nitrogens is 3. The summed E-state index contributed by atoms with van der Waals surface area (Å²) >= 11 is 0. The smallest absolute Gasteiger partial charge is 0.135 e. The number of aliphatic hydroxyl groups excluding tert-OH is 1. The Bertz CT molecular complexity index is 548. The average Bonchev–Trinajstić information content (AvgIpc) is 2.87. The number of β-amino-alcohol motifs (C(OH)–C–C–N with tert-alkyl or cyclic N) is 1. The van der Waals surface area contributed by atoms with Crippen LogP contribution in [-0.2, 0) is 0 Å². The molecule has 6 nitrogen and oxygen atoms in total. The van der Waals surface area contributed by atoms with Crippen molar-refractivity contribution in [2.24, 2.45) is 0 Å². The highest BCUT2D eigenvalue weighted by Gasteiger charge is 2.21. The van der Waals surface area contributed by atoms with Crippen LogP contribution in [0.2, 0.25) is 0 Å². The second-order valence-corrected chi connectivity index (χ2v) is 4.52. The number of nitrogens with zero attached hydrogens (tertiary/aromatic N) is 4. The van der Waals surface area contributed by atoms with Gasteiger partial charge in [-0.05, 0) is 18.6 Å². The first kappa shape index (κ1) is 11.9. The SMILES string of the molecule is OC1CCN(c2cc(Nc3cccnc3)ncn2)C1. The molecule has 1 unspecified atom stereocenters. The Morgan fingerprint density at radius 3 is 3.05 bits per heavy atom. The highest BCUT2D eigenvalue weighted by atomic mass is 16.3. The second-order valence-electron chi connectivity index (χ2n) is 4.52. The molecule has 19 heavy (non-hydrogen) atoms. The molecule has 1 fully saturated rings. The van der Waals surface area contributed by atoms with Gasteiger partial charge in [0.1, 0.15) is 18.0 Å². The Hall–Kier alpha value is -2.21. The summed E-state index contributed by atoms with van der Waals surface area (Å²) in [7, 11) is 0. The fourth-order valence-electron chi connectivity index (χ4n) is 2.12. The number of nitrogens with one attached hydrogen (secondary N) is 1. The minimum absolute atomic E-state index is 0.260. The number of anilines is 3. The van der Waals surface area contributed by atoms with Crippen LogP contribution in [0.5, 0.6) is 0 Å². The first-order chi connectivity index (χ1) is 9.31. The Morgan fingerprint density at radius 1 is 1.37 bits per heavy atom. The van der Waals surface area contributed by atoms with Gasteiger partial charge in [0, 0.05) is 25.4 Å². The van der Waals surface area contributed by atoms with Crippen molar-refractivity contribution in [1.82, 2.24) is 15.0 Å². The quantitative estimate of drug-likeness (QED) is 0.860. The van der Waals surface area contributed by atoms with Crippen LogP contribution in [0, 0.1) is 0 Å². The molecule has 1 saturated heterocycles. The predicted octanol–water partition coefficient (Wildman–Crippen LogP) is 1.19. The van der Waals surface area contributed by atoms with Gasteiger partial charge in [0.05, 0.1) is 18.0 Å². The van der Waals surface area contributed by atoms with Crippen molar-refractivity contribution in [3.63, 3.8) is 0 Å². The van der Waals surface area contributed by atoms with Crippen LogP contribution in [-0.4, -0.2) is 39.3 Å². The van der Waals surface area contributed by atoms with Crippen LogP contribution in [0.3, 0.4) is 0 Å². The summed E-state index contributed by atoms with van der Waals surface area (Å²) in [5.74, 6) is 1.55. The van der Waals surface area contributed by atoms with Crippen molar-refractivity contribution in [3.05, 3.63) is 36.9 Å². The van der Waals surface area contributed by atoms with E-state index in [0.29, 0.717) is 6.54 Å². The zero-order valence-electron chi connectivity index (χ0n) is 10.4. The number of hydrogen-bond acceptors (Lipinski definition) is 6. The van der Waals surface area contributed by atoms with E-state index < -0.39 is 0 Å². The zero-order chi connectivity index (χ0) is 13.1. The standard InChI is InChI=1S/C13H15N5O/c19-11-3-5-18(8-11)13-6-12(15-9-16-13)17-10-2-1-4-14-7-10/h1-2,4,6-7,9,11,19H,3,5,8H2,(H,15,16,17). The molecule has 2 aromatic rings. The summed E-state index contributed by atoms with van der Waals surface area (Å²) < 4.78 is 0. The monoisotopic (exact) mass is 257 g/mol. The summed E-state index contributed by atoms with van der Waals surface area (Å²) in [6.07, 6.45) is 5.52. The number of aliphatic hydroxyl groups is 1. The number of rotatable bonds is 3. The van der Waals surface area contributed by atoms with Gasteiger partial charge in [0.2, 0.25) is 0 Å². The fraction of sp³-hybridized carbons (Fsp3) is 0.308. The van der Waals surface area contributed by atoms with Gasteiger partial charge >= 0.3 is 0 Å². The lowest BCUT2D eigenvalue weighted by atomic mass is 10.3. The lowest BCUT2D eigenvalue weighted by Gasteiger charge is -2.16. The topological polar surface area (TPSA) is 74.2 Å². The van der Waals surface area contributed by atoms with Gasteiger partial charge in [0.15, 0.2) is 0 Å². The van der Waals surface area contributed by atoms with Crippen molar-refractivity contribution >= 4 is 17.3 Å². The minimum atomic E-state index is -0.260. The first-order valence-electron chi connectivity index (χ1n) is 6.23. The van der Waals surface area contributed by atoms with Crippen LogP contribution in [0.15, 0.2) is 36.9 Å². The lowest BCUT2D eigenvalue weighted by molar-refractivity contribution is 0.198. The molecule has 98 valence electrons. The summed E-state index contributed by atoms with van der Waals surface area (Å²) in [5.41, 5.74) is 0.883. The molecule has 6 heteroatoms. The van der Waals surface area contributed by atoms with Crippen molar-refractivity contribution in [2.45, 2.75) is 12.5 Å². The van der Waals surface area contributed by atoms with Crippen molar-refractivity contribution < 1.29 is 5.11 Å². The molecule has 2 N–H and O–H groups in total. The Labute approximate surface area is 111 Å². The highest BCUT2D eigenvalue weighted by Crippen LogP contribution is 2.21. The van der Waals surface area contributed by atoms with Gasteiger partial charge in [-0.2, -0.15) is 0 Å². The van der Waals surface area contributed by atoms with E-state index in [-0.39, 0.29) is 6.10 Å². The van der Waals surface area contributed by atoms with E-state index in [2.05, 4.69) is 25.2 Å². The average molecular weight is 257 g/mol. The van der Waals surface area contributed by atoms with E-state index in [4.69, 9.17) is 0 Å². The highest BCUT2D eigenvalue weighted by molar-refractivity contribution is 5.58. The van der Waals surface area contributed by atoms with Crippen LogP contribution < -0.4 is 10.2 Å². The largest absolute Gasteiger partial charge is 0.391 e. The molecule has 0 radical (unpaired) electrons. The van der Waals surface area contributed by atoms with Crippen molar-refractivity contribution in [3.8, 4) is 0 Å². The molecule has 3 heterocycles. The van der Waals surface area contributed by atoms with Gasteiger partial charge in [0.25, 0.3) is 0 Å². The summed E-state index contributed by atoms with van der Waals surface area (Å²) in [5, 5.41) is 12.7. The number of pyridine rings is 1. The van der Waals surface area contributed by atoms with E-state index in [1.165, 1.54) is 6.33 Å². The van der Waals surface area contributed by atoms with Crippen molar-refractivity contribution in [1.29, 1.82) is 0 Å². The molecular weight excluding hydrogens is 242 g/mol. The molecule has 1 aliphatic heterocycles. The normalized spacial score (nSPS) is 18.6. The number of hydrogen-bond donors (Lipinski definition) is 2. The molecule has 1 aliphatic rings. The van der Waals surface area contributed by atoms with E-state index in [9.17, 15) is 5.11 Å². The van der Waals surface area contributed by atoms with Crippen LogP contribution >= 0.6 is 0 Å². The maximum Gasteiger partial charge on any atom is 0.135 e. The summed E-state index contributed by atoms with van der Waals surface area (Å²) in [4.78, 5) is 14.5. The third-order valence-electron chi connectivity index (χ3n) is 3.07. The van der Waals surface area contributed by atoms with E-state index in [0.717, 1.165) is 30.3 Å². The second kappa shape index (κ2) is 5.19. The fourth-order valence-corrected chi connectivity index (χ4v) is 2.12. The van der Waals surface area contributed by atoms with Crippen LogP contribution in [0.4, 0.5) is 17.3 Å². The third kappa shape index (κ3) is 2.79. The molecule has 2 aromatic heterocycles. The maximum atomic E-state index is 9.56. The lowest BCUT2D eigenvalue weighted by Crippen LogP contribution is -2.22. The van der Waals surface area contributed by atoms with Gasteiger partial charge in [-0.25, -0.2) is 9.97 Å². The Kier molecular flexibility index (Phi) is 3.24. The van der Waals surface area contributed by atoms with Crippen LogP contribution in [0.25, 0.3) is 0 Å². The van der Waals surface area contributed by atoms with Gasteiger partial charge in [-0.15, -0.1) is 0 Å². The summed E-state index contributed by atoms with van der Waals surface area (Å²) in [6, 6.07) is 5.67. The Morgan fingerprint density at radius 2 is 2.32 bits per heavy atom. The van der Waals surface area contributed by atoms with E-state index in [1.807, 2.05) is 18.2 Å². The first-order valence-corrected chi connectivity index (χ1v) is 6.23. The molecule has 0 aromatic carbocycles. The van der Waals surface area contributed by atoms with Gasteiger partial charge in [-0.1, -0.05) is 0 Å². The molecular formula is C13H15N5O. The Balaban J connectivity index is 1.76. The van der Waals surface area contributed by atoms with Crippen LogP contribution in [0.1, 0.15) is 6.42 Å². The van der Waals surface area contributed by atoms with Gasteiger partial charge in [-0.3, -0.25) is 4.98 Å². The zero-order valence-corrected chi connectivity index (χ0v) is 10.4. The molecule has 0 saturated carbocycles. The maximum absolute atomic E-state index is 9.56. The van der Waals surface area contributed by atoms with E-state index >= 15 is 0 Å². The third-order valence-corrected chi connectivity index (χ3v) is 3.07. The predicted molar refractivity (Wildman–Crippen MR) is 72.4 cm³/mol.